The van der Waals surface area contributed by atoms with Gasteiger partial charge in [0.25, 0.3) is 0 Å². The highest BCUT2D eigenvalue weighted by atomic mass is 32.2. The van der Waals surface area contributed by atoms with Gasteiger partial charge in [0.05, 0.1) is 5.75 Å². The molecule has 0 aliphatic heterocycles. The van der Waals surface area contributed by atoms with Crippen LogP contribution in [0.5, 0.6) is 0 Å². The molecule has 0 spiro atoms. The Labute approximate surface area is 157 Å². The average Bonchev–Trinajstić information content (AvgIpc) is 3.01. The molecular weight excluding hydrogens is 344 g/mol. The second-order valence-electron chi connectivity index (χ2n) is 6.34. The molecule has 1 N–H and O–H groups in total. The molecule has 0 fully saturated rings. The number of carbonyl (C=O) groups is 1. The number of nitrogens with one attached hydrogen (secondary N) is 1. The van der Waals surface area contributed by atoms with Gasteiger partial charge >= 0.3 is 0 Å². The SMILES string of the molecule is CC(C)c1ccc(-c2nnc(SCC(=O)Nc3ccccc3)n2C)cc1. The molecule has 134 valence electrons. The van der Waals surface area contributed by atoms with E-state index in [1.165, 1.54) is 17.3 Å². The molecule has 3 aromatic rings. The number of rotatable bonds is 6. The minimum absolute atomic E-state index is 0.0629. The largest absolute Gasteiger partial charge is 0.325 e. The van der Waals surface area contributed by atoms with Crippen LogP contribution in [-0.4, -0.2) is 26.4 Å². The third-order valence-electron chi connectivity index (χ3n) is 4.06. The molecule has 0 unspecified atom stereocenters. The zero-order chi connectivity index (χ0) is 18.5. The second-order valence-corrected chi connectivity index (χ2v) is 7.29. The van der Waals surface area contributed by atoms with Crippen molar-refractivity contribution in [2.45, 2.75) is 24.9 Å². The maximum atomic E-state index is 12.1. The summed E-state index contributed by atoms with van der Waals surface area (Å²) < 4.78 is 1.92. The number of nitrogens with zero attached hydrogens (tertiary/aromatic N) is 3. The molecule has 0 saturated carbocycles. The number of aromatic nitrogens is 3. The molecule has 5 nitrogen and oxygen atoms in total. The topological polar surface area (TPSA) is 59.8 Å². The molecule has 1 heterocycles. The fraction of sp³-hybridized carbons (Fsp3) is 0.250. The first-order valence-corrected chi connectivity index (χ1v) is 9.50. The molecule has 0 aliphatic carbocycles. The normalized spacial score (nSPS) is 10.9. The standard InChI is InChI=1S/C20H22N4OS/c1-14(2)15-9-11-16(12-10-15)19-22-23-20(24(19)3)26-13-18(25)21-17-7-5-4-6-8-17/h4-12,14H,13H2,1-3H3,(H,21,25). The van der Waals surface area contributed by atoms with E-state index in [1.54, 1.807) is 0 Å². The van der Waals surface area contributed by atoms with Gasteiger partial charge in [-0.2, -0.15) is 0 Å². The third kappa shape index (κ3) is 4.32. The highest BCUT2D eigenvalue weighted by Crippen LogP contribution is 2.24. The lowest BCUT2D eigenvalue weighted by molar-refractivity contribution is -0.113. The maximum Gasteiger partial charge on any atom is 0.234 e. The Morgan fingerprint density at radius 2 is 1.77 bits per heavy atom. The average molecular weight is 366 g/mol. The summed E-state index contributed by atoms with van der Waals surface area (Å²) in [5.74, 6) is 1.52. The van der Waals surface area contributed by atoms with E-state index in [0.29, 0.717) is 5.92 Å². The Kier molecular flexibility index (Phi) is 5.73. The predicted octanol–water partition coefficient (Wildman–Crippen LogP) is 4.34. The van der Waals surface area contributed by atoms with Gasteiger partial charge in [0.15, 0.2) is 11.0 Å². The number of carbonyl (C=O) groups excluding carboxylic acids is 1. The van der Waals surface area contributed by atoms with Gasteiger partial charge in [-0.1, -0.05) is 68.1 Å². The molecule has 0 bridgehead atoms. The summed E-state index contributed by atoms with van der Waals surface area (Å²) in [6, 6.07) is 17.8. The molecule has 6 heteroatoms. The lowest BCUT2D eigenvalue weighted by Gasteiger charge is -2.07. The van der Waals surface area contributed by atoms with Crippen LogP contribution < -0.4 is 5.32 Å². The van der Waals surface area contributed by atoms with Crippen molar-refractivity contribution in [3.63, 3.8) is 0 Å². The number of amides is 1. The highest BCUT2D eigenvalue weighted by Gasteiger charge is 2.13. The minimum Gasteiger partial charge on any atom is -0.325 e. The molecule has 26 heavy (non-hydrogen) atoms. The Morgan fingerprint density at radius 3 is 2.42 bits per heavy atom. The summed E-state index contributed by atoms with van der Waals surface area (Å²) in [5, 5.41) is 12.1. The van der Waals surface area contributed by atoms with Gasteiger partial charge in [-0.05, 0) is 23.6 Å². The lowest BCUT2D eigenvalue weighted by atomic mass is 10.0. The Hall–Kier alpha value is -2.60. The quantitative estimate of drug-likeness (QED) is 0.660. The predicted molar refractivity (Wildman–Crippen MR) is 106 cm³/mol. The fourth-order valence-electron chi connectivity index (χ4n) is 2.56. The molecule has 1 amide bonds. The highest BCUT2D eigenvalue weighted by molar-refractivity contribution is 7.99. The van der Waals surface area contributed by atoms with Crippen LogP contribution in [0, 0.1) is 0 Å². The Bertz CT molecular complexity index is 873. The first kappa shape index (κ1) is 18.2. The maximum absolute atomic E-state index is 12.1. The molecule has 0 radical (unpaired) electrons. The fourth-order valence-corrected chi connectivity index (χ4v) is 3.27. The Morgan fingerprint density at radius 1 is 1.08 bits per heavy atom. The van der Waals surface area contributed by atoms with Crippen molar-refractivity contribution in [2.75, 3.05) is 11.1 Å². The van der Waals surface area contributed by atoms with E-state index in [9.17, 15) is 4.79 Å². The van der Waals surface area contributed by atoms with Gasteiger partial charge in [0.2, 0.25) is 5.91 Å². The van der Waals surface area contributed by atoms with Gasteiger partial charge in [-0.15, -0.1) is 10.2 Å². The van der Waals surface area contributed by atoms with Crippen molar-refractivity contribution < 1.29 is 4.79 Å². The van der Waals surface area contributed by atoms with Crippen molar-refractivity contribution in [3.8, 4) is 11.4 Å². The van der Waals surface area contributed by atoms with E-state index in [-0.39, 0.29) is 11.7 Å². The van der Waals surface area contributed by atoms with E-state index in [0.717, 1.165) is 22.2 Å². The number of hydrogen-bond acceptors (Lipinski definition) is 4. The van der Waals surface area contributed by atoms with E-state index in [4.69, 9.17) is 0 Å². The van der Waals surface area contributed by atoms with Crippen LogP contribution in [0.2, 0.25) is 0 Å². The van der Waals surface area contributed by atoms with Gasteiger partial charge < -0.3 is 9.88 Å². The zero-order valence-corrected chi connectivity index (χ0v) is 16.0. The van der Waals surface area contributed by atoms with Gasteiger partial charge in [0, 0.05) is 18.3 Å². The minimum atomic E-state index is -0.0629. The summed E-state index contributed by atoms with van der Waals surface area (Å²) in [6.07, 6.45) is 0. The number of thioether (sulfide) groups is 1. The third-order valence-corrected chi connectivity index (χ3v) is 5.08. The monoisotopic (exact) mass is 366 g/mol. The summed E-state index contributed by atoms with van der Waals surface area (Å²) in [5.41, 5.74) is 3.11. The lowest BCUT2D eigenvalue weighted by Crippen LogP contribution is -2.14. The Balaban J connectivity index is 1.64. The molecule has 0 aliphatic rings. The van der Waals surface area contributed by atoms with Gasteiger partial charge in [0.1, 0.15) is 0 Å². The van der Waals surface area contributed by atoms with Crippen LogP contribution in [0.4, 0.5) is 5.69 Å². The van der Waals surface area contributed by atoms with Crippen molar-refractivity contribution in [1.82, 2.24) is 14.8 Å². The molecular formula is C20H22N4OS. The van der Waals surface area contributed by atoms with Crippen LogP contribution in [0.1, 0.15) is 25.3 Å². The van der Waals surface area contributed by atoms with Crippen LogP contribution in [0.25, 0.3) is 11.4 Å². The summed E-state index contributed by atoms with van der Waals surface area (Å²) in [7, 11) is 1.92. The van der Waals surface area contributed by atoms with Gasteiger partial charge in [-0.25, -0.2) is 0 Å². The van der Waals surface area contributed by atoms with Crippen molar-refractivity contribution in [1.29, 1.82) is 0 Å². The molecule has 0 saturated heterocycles. The van der Waals surface area contributed by atoms with E-state index in [2.05, 4.69) is 53.6 Å². The smallest absolute Gasteiger partial charge is 0.234 e. The first-order chi connectivity index (χ1) is 12.5. The zero-order valence-electron chi connectivity index (χ0n) is 15.1. The number of anilines is 1. The van der Waals surface area contributed by atoms with Crippen LogP contribution in [0.15, 0.2) is 59.8 Å². The molecule has 2 aromatic carbocycles. The number of para-hydroxylation sites is 1. The number of benzene rings is 2. The van der Waals surface area contributed by atoms with Crippen LogP contribution in [0.3, 0.4) is 0 Å². The molecule has 1 aromatic heterocycles. The van der Waals surface area contributed by atoms with Crippen LogP contribution in [-0.2, 0) is 11.8 Å². The van der Waals surface area contributed by atoms with Crippen molar-refractivity contribution in [2.24, 2.45) is 7.05 Å². The van der Waals surface area contributed by atoms with E-state index < -0.39 is 0 Å². The second kappa shape index (κ2) is 8.19. The van der Waals surface area contributed by atoms with Crippen molar-refractivity contribution in [3.05, 3.63) is 60.2 Å². The summed E-state index contributed by atoms with van der Waals surface area (Å²) in [6.45, 7) is 4.35. The van der Waals surface area contributed by atoms with Gasteiger partial charge in [-0.3, -0.25) is 4.79 Å². The summed E-state index contributed by atoms with van der Waals surface area (Å²) in [4.78, 5) is 12.1. The van der Waals surface area contributed by atoms with E-state index >= 15 is 0 Å². The van der Waals surface area contributed by atoms with Crippen LogP contribution >= 0.6 is 11.8 Å². The summed E-state index contributed by atoms with van der Waals surface area (Å²) >= 11 is 1.38. The van der Waals surface area contributed by atoms with Crippen molar-refractivity contribution >= 4 is 23.4 Å². The van der Waals surface area contributed by atoms with E-state index in [1.807, 2.05) is 41.9 Å². The number of hydrogen-bond donors (Lipinski definition) is 1. The first-order valence-electron chi connectivity index (χ1n) is 8.52. The molecule has 3 rings (SSSR count). The molecule has 0 atom stereocenters.